The van der Waals surface area contributed by atoms with Gasteiger partial charge in [-0.05, 0) is 25.5 Å². The van der Waals surface area contributed by atoms with Gasteiger partial charge in [0.1, 0.15) is 11.5 Å². The van der Waals surface area contributed by atoms with Crippen LogP contribution in [0.5, 0.6) is 5.75 Å². The second-order valence-electron chi connectivity index (χ2n) is 9.37. The Bertz CT molecular complexity index is 1180. The molecular weight excluding hydrogens is 448 g/mol. The van der Waals surface area contributed by atoms with Crippen molar-refractivity contribution in [2.45, 2.75) is 57.5 Å². The minimum absolute atomic E-state index is 0.00943. The highest BCUT2D eigenvalue weighted by atomic mass is 16.6. The average Bonchev–Trinajstić information content (AvgIpc) is 3.36. The van der Waals surface area contributed by atoms with Crippen LogP contribution in [0.1, 0.15) is 37.8 Å². The highest BCUT2D eigenvalue weighted by molar-refractivity contribution is 6.02. The maximum atomic E-state index is 14.0. The highest BCUT2D eigenvalue weighted by Gasteiger charge is 2.76. The van der Waals surface area contributed by atoms with Crippen molar-refractivity contribution in [2.24, 2.45) is 5.92 Å². The van der Waals surface area contributed by atoms with Crippen molar-refractivity contribution in [3.63, 3.8) is 0 Å². The summed E-state index contributed by atoms with van der Waals surface area (Å²) < 4.78 is 11.7. The third-order valence-electron chi connectivity index (χ3n) is 7.23. The number of hydrogen-bond acceptors (Lipinski definition) is 6. The van der Waals surface area contributed by atoms with Crippen LogP contribution in [0.4, 0.5) is 0 Å². The van der Waals surface area contributed by atoms with Crippen LogP contribution in [0, 0.1) is 5.92 Å². The van der Waals surface area contributed by atoms with Gasteiger partial charge in [0.2, 0.25) is 11.8 Å². The van der Waals surface area contributed by atoms with E-state index in [0.717, 1.165) is 11.1 Å². The van der Waals surface area contributed by atoms with E-state index in [-0.39, 0.29) is 43.5 Å². The molecule has 0 N–H and O–H groups in total. The molecule has 0 unspecified atom stereocenters. The molecule has 5 rings (SSSR count). The lowest BCUT2D eigenvalue weighted by atomic mass is 9.80. The van der Waals surface area contributed by atoms with Gasteiger partial charge in [0.05, 0.1) is 31.5 Å². The van der Waals surface area contributed by atoms with Gasteiger partial charge in [-0.25, -0.2) is 0 Å². The topological polar surface area (TPSA) is 93.2 Å². The number of para-hydroxylation sites is 1. The molecule has 0 saturated carbocycles. The smallest absolute Gasteiger partial charge is 0.307 e. The number of carbonyl (C=O) groups excluding carboxylic acids is 4. The lowest BCUT2D eigenvalue weighted by Crippen LogP contribution is -2.52. The third kappa shape index (κ3) is 3.68. The number of amides is 2. The number of Topliss-reactive ketones (excluding diaryl/α,β-unsaturated/α-hetero) is 1. The van der Waals surface area contributed by atoms with Crippen molar-refractivity contribution in [3.8, 4) is 5.75 Å². The van der Waals surface area contributed by atoms with Gasteiger partial charge in [-0.15, -0.1) is 0 Å². The number of hydrogen-bond donors (Lipinski definition) is 0. The van der Waals surface area contributed by atoms with Crippen LogP contribution in [0.25, 0.3) is 0 Å². The number of carbonyl (C=O) groups is 4. The fourth-order valence-electron chi connectivity index (χ4n) is 5.89. The van der Waals surface area contributed by atoms with Crippen molar-refractivity contribution in [2.75, 3.05) is 6.61 Å². The third-order valence-corrected chi connectivity index (χ3v) is 7.23. The van der Waals surface area contributed by atoms with Gasteiger partial charge in [-0.2, -0.15) is 0 Å². The summed E-state index contributed by atoms with van der Waals surface area (Å²) in [6.45, 7) is 4.20. The standard InChI is InChI=1S/C27H28N2O6/c1-3-34-21-12-8-7-11-19(21)16-29-24-26(33)28(15-18-9-5-4-6-10-18)22(13-17(2)30)27(24)20(25(29)32)14-23(31)35-27/h4-12,20,22,24H,3,13-16H2,1-2H3/t20-,22+,24+,27-/m0/s1. The molecule has 2 amide bonds. The second kappa shape index (κ2) is 8.83. The number of nitrogens with zero attached hydrogens (tertiary/aromatic N) is 2. The molecule has 182 valence electrons. The first-order chi connectivity index (χ1) is 16.9. The van der Waals surface area contributed by atoms with Crippen molar-refractivity contribution in [3.05, 3.63) is 65.7 Å². The Hall–Kier alpha value is -3.68. The molecule has 2 aromatic rings. The monoisotopic (exact) mass is 476 g/mol. The van der Waals surface area contributed by atoms with Crippen molar-refractivity contribution in [1.29, 1.82) is 0 Å². The molecule has 8 heteroatoms. The summed E-state index contributed by atoms with van der Waals surface area (Å²) in [5, 5.41) is 0. The molecule has 0 aliphatic carbocycles. The number of ether oxygens (including phenoxy) is 2. The summed E-state index contributed by atoms with van der Waals surface area (Å²) in [5.41, 5.74) is 0.277. The Kier molecular flexibility index (Phi) is 5.83. The number of rotatable bonds is 8. The number of esters is 1. The van der Waals surface area contributed by atoms with Crippen LogP contribution in [0.15, 0.2) is 54.6 Å². The average molecular weight is 477 g/mol. The van der Waals surface area contributed by atoms with E-state index in [4.69, 9.17) is 9.47 Å². The van der Waals surface area contributed by atoms with Gasteiger partial charge >= 0.3 is 5.97 Å². The summed E-state index contributed by atoms with van der Waals surface area (Å²) >= 11 is 0. The SMILES string of the molecule is CCOc1ccccc1CN1C(=O)[C@@H]2CC(=O)O[C@]23[C@@H](CC(C)=O)N(Cc2ccccc2)C(=O)[C@@H]13. The second-order valence-corrected chi connectivity index (χ2v) is 9.37. The van der Waals surface area contributed by atoms with Gasteiger partial charge in [0.15, 0.2) is 11.6 Å². The molecule has 3 fully saturated rings. The maximum Gasteiger partial charge on any atom is 0.307 e. The van der Waals surface area contributed by atoms with E-state index in [2.05, 4.69) is 0 Å². The molecule has 2 aromatic carbocycles. The van der Waals surface area contributed by atoms with Crippen LogP contribution in [-0.2, 0) is 37.0 Å². The molecule has 0 radical (unpaired) electrons. The predicted molar refractivity (Wildman–Crippen MR) is 125 cm³/mol. The Morgan fingerprint density at radius 3 is 2.43 bits per heavy atom. The lowest BCUT2D eigenvalue weighted by molar-refractivity contribution is -0.154. The fraction of sp³-hybridized carbons (Fsp3) is 0.407. The van der Waals surface area contributed by atoms with E-state index in [0.29, 0.717) is 12.4 Å². The number of ketones is 1. The normalized spacial score (nSPS) is 27.1. The predicted octanol–water partition coefficient (Wildman–Crippen LogP) is 2.49. The van der Waals surface area contributed by atoms with Crippen LogP contribution >= 0.6 is 0 Å². The number of likely N-dealkylation sites (tertiary alicyclic amines) is 2. The quantitative estimate of drug-likeness (QED) is 0.544. The minimum atomic E-state index is -1.38. The molecule has 3 heterocycles. The first-order valence-electron chi connectivity index (χ1n) is 11.9. The molecule has 8 nitrogen and oxygen atoms in total. The zero-order valence-corrected chi connectivity index (χ0v) is 19.8. The highest BCUT2D eigenvalue weighted by Crippen LogP contribution is 2.54. The Morgan fingerprint density at radius 1 is 1.00 bits per heavy atom. The molecule has 35 heavy (non-hydrogen) atoms. The van der Waals surface area contributed by atoms with Gasteiger partial charge in [-0.3, -0.25) is 19.2 Å². The molecule has 0 bridgehead atoms. The fourth-order valence-corrected chi connectivity index (χ4v) is 5.89. The summed E-state index contributed by atoms with van der Waals surface area (Å²) in [6, 6.07) is 15.1. The van der Waals surface area contributed by atoms with E-state index >= 15 is 0 Å². The van der Waals surface area contributed by atoms with E-state index in [9.17, 15) is 19.2 Å². The van der Waals surface area contributed by atoms with E-state index < -0.39 is 29.6 Å². The van der Waals surface area contributed by atoms with Crippen molar-refractivity contribution in [1.82, 2.24) is 9.80 Å². The summed E-state index contributed by atoms with van der Waals surface area (Å²) in [7, 11) is 0. The van der Waals surface area contributed by atoms with E-state index in [1.54, 1.807) is 4.90 Å². The van der Waals surface area contributed by atoms with E-state index in [1.165, 1.54) is 11.8 Å². The summed E-state index contributed by atoms with van der Waals surface area (Å²) in [6.07, 6.45) is -0.0880. The Balaban J connectivity index is 1.58. The molecule has 4 atom stereocenters. The zero-order chi connectivity index (χ0) is 24.7. The van der Waals surface area contributed by atoms with Crippen molar-refractivity contribution >= 4 is 23.6 Å². The molecule has 1 spiro atoms. The first kappa shape index (κ1) is 23.1. The zero-order valence-electron chi connectivity index (χ0n) is 19.8. The van der Waals surface area contributed by atoms with Crippen LogP contribution < -0.4 is 4.74 Å². The minimum Gasteiger partial charge on any atom is -0.494 e. The van der Waals surface area contributed by atoms with Crippen LogP contribution in [-0.4, -0.2) is 57.7 Å². The summed E-state index contributed by atoms with van der Waals surface area (Å²) in [5.74, 6) is -1.42. The van der Waals surface area contributed by atoms with Gasteiger partial charge in [0, 0.05) is 18.5 Å². The first-order valence-corrected chi connectivity index (χ1v) is 11.9. The van der Waals surface area contributed by atoms with Crippen molar-refractivity contribution < 1.29 is 28.7 Å². The summed E-state index contributed by atoms with van der Waals surface area (Å²) in [4.78, 5) is 55.6. The molecule has 3 aliphatic heterocycles. The van der Waals surface area contributed by atoms with Crippen LogP contribution in [0.3, 0.4) is 0 Å². The Labute approximate surface area is 203 Å². The maximum absolute atomic E-state index is 14.0. The molecule has 3 saturated heterocycles. The molecule has 0 aromatic heterocycles. The van der Waals surface area contributed by atoms with Gasteiger partial charge in [-0.1, -0.05) is 48.5 Å². The van der Waals surface area contributed by atoms with Crippen LogP contribution in [0.2, 0.25) is 0 Å². The largest absolute Gasteiger partial charge is 0.494 e. The molecule has 3 aliphatic rings. The Morgan fingerprint density at radius 2 is 1.71 bits per heavy atom. The lowest BCUT2D eigenvalue weighted by Gasteiger charge is -2.34. The number of benzene rings is 2. The van der Waals surface area contributed by atoms with E-state index in [1.807, 2.05) is 61.5 Å². The van der Waals surface area contributed by atoms with Gasteiger partial charge < -0.3 is 19.3 Å². The molecular formula is C27H28N2O6. The van der Waals surface area contributed by atoms with Gasteiger partial charge in [0.25, 0.3) is 0 Å².